The molecule has 1 aliphatic rings. The van der Waals surface area contributed by atoms with Crippen molar-refractivity contribution in [3.05, 3.63) is 22.3 Å². The summed E-state index contributed by atoms with van der Waals surface area (Å²) in [4.78, 5) is 17.0. The lowest BCUT2D eigenvalue weighted by Crippen LogP contribution is -2.37. The molecule has 1 aromatic rings. The number of rotatable bonds is 14. The van der Waals surface area contributed by atoms with Crippen molar-refractivity contribution in [3.8, 4) is 11.5 Å². The van der Waals surface area contributed by atoms with Crippen molar-refractivity contribution in [1.29, 1.82) is 0 Å². The van der Waals surface area contributed by atoms with E-state index in [4.69, 9.17) is 9.57 Å². The van der Waals surface area contributed by atoms with Gasteiger partial charge in [-0.05, 0) is 76.7 Å². The molecule has 3 atom stereocenters. The molecule has 0 aromatic heterocycles. The van der Waals surface area contributed by atoms with Crippen molar-refractivity contribution in [2.75, 3.05) is 0 Å². The van der Waals surface area contributed by atoms with Crippen LogP contribution in [0.2, 0.25) is 0 Å². The zero-order valence-corrected chi connectivity index (χ0v) is 24.2. The lowest BCUT2D eigenvalue weighted by atomic mass is 9.83. The zero-order chi connectivity index (χ0) is 26.2. The Hall–Kier alpha value is -1.71. The lowest BCUT2D eigenvalue weighted by Gasteiger charge is -2.38. The number of ether oxygens (including phenoxy) is 1. The van der Waals surface area contributed by atoms with Gasteiger partial charge in [-0.1, -0.05) is 72.6 Å². The van der Waals surface area contributed by atoms with E-state index >= 15 is 0 Å². The highest BCUT2D eigenvalue weighted by molar-refractivity contribution is 5.72. The van der Waals surface area contributed by atoms with Crippen LogP contribution in [0.15, 0.2) is 0 Å². The number of hydroxylamine groups is 1. The quantitative estimate of drug-likeness (QED) is 0.267. The maximum atomic E-state index is 11.3. The van der Waals surface area contributed by atoms with Gasteiger partial charge in [-0.25, -0.2) is 0 Å². The molecular weight excluding hydrogens is 434 g/mol. The molecule has 1 aliphatic heterocycles. The van der Waals surface area contributed by atoms with Crippen molar-refractivity contribution in [1.82, 2.24) is 5.48 Å². The Morgan fingerprint density at radius 2 is 1.49 bits per heavy atom. The monoisotopic (exact) mass is 487 g/mol. The van der Waals surface area contributed by atoms with Crippen LogP contribution in [0.5, 0.6) is 11.5 Å². The minimum absolute atomic E-state index is 0.110. The van der Waals surface area contributed by atoms with E-state index in [-0.39, 0.29) is 11.5 Å². The molecule has 1 amide bonds. The Balaban J connectivity index is 1.83. The van der Waals surface area contributed by atoms with Crippen molar-refractivity contribution >= 4 is 5.91 Å². The average Bonchev–Trinajstić information content (AvgIpc) is 2.77. The van der Waals surface area contributed by atoms with Crippen molar-refractivity contribution < 1.29 is 14.4 Å². The van der Waals surface area contributed by atoms with Gasteiger partial charge < -0.3 is 9.57 Å². The van der Waals surface area contributed by atoms with Crippen LogP contribution < -0.4 is 15.1 Å². The average molecular weight is 488 g/mol. The number of benzene rings is 1. The van der Waals surface area contributed by atoms with E-state index in [9.17, 15) is 4.79 Å². The van der Waals surface area contributed by atoms with Crippen LogP contribution >= 0.6 is 0 Å². The molecule has 35 heavy (non-hydrogen) atoms. The molecule has 0 saturated heterocycles. The van der Waals surface area contributed by atoms with Gasteiger partial charge in [0.05, 0.1) is 0 Å². The van der Waals surface area contributed by atoms with Crippen molar-refractivity contribution in [2.45, 2.75) is 139 Å². The second-order valence-corrected chi connectivity index (χ2v) is 12.2. The summed E-state index contributed by atoms with van der Waals surface area (Å²) in [6.07, 6.45) is 13.9. The van der Waals surface area contributed by atoms with Crippen LogP contribution in [-0.4, -0.2) is 11.5 Å². The number of carbonyl (C=O) groups is 1. The molecule has 1 heterocycles. The molecule has 0 aliphatic carbocycles. The van der Waals surface area contributed by atoms with Crippen molar-refractivity contribution in [3.63, 3.8) is 0 Å². The molecular formula is C31H53NO3. The Bertz CT molecular complexity index is 831. The third-order valence-corrected chi connectivity index (χ3v) is 8.13. The predicted molar refractivity (Wildman–Crippen MR) is 147 cm³/mol. The SMILES string of the molecule is CC(=O)NOc1c(C)c(C)c2c(c1C)CC[C@@](C)(CCC[C@H](C)CCC[C@H](C)CCCC(C)C)O2. The first-order valence-corrected chi connectivity index (χ1v) is 14.2. The van der Waals surface area contributed by atoms with Crippen LogP contribution in [0.25, 0.3) is 0 Å². The maximum Gasteiger partial charge on any atom is 0.249 e. The number of fused-ring (bicyclic) bond motifs is 1. The Morgan fingerprint density at radius 3 is 2.06 bits per heavy atom. The number of carbonyl (C=O) groups excluding carboxylic acids is 1. The van der Waals surface area contributed by atoms with E-state index < -0.39 is 0 Å². The van der Waals surface area contributed by atoms with Crippen molar-refractivity contribution in [2.24, 2.45) is 17.8 Å². The van der Waals surface area contributed by atoms with Gasteiger partial charge in [0, 0.05) is 23.6 Å². The van der Waals surface area contributed by atoms with Gasteiger partial charge in [-0.3, -0.25) is 4.79 Å². The van der Waals surface area contributed by atoms with Gasteiger partial charge in [-0.2, -0.15) is 5.48 Å². The second-order valence-electron chi connectivity index (χ2n) is 12.2. The van der Waals surface area contributed by atoms with E-state index in [0.29, 0.717) is 0 Å². The molecule has 200 valence electrons. The highest BCUT2D eigenvalue weighted by Gasteiger charge is 2.34. The third-order valence-electron chi connectivity index (χ3n) is 8.13. The van der Waals surface area contributed by atoms with E-state index in [2.05, 4.69) is 53.9 Å². The van der Waals surface area contributed by atoms with E-state index in [1.165, 1.54) is 63.9 Å². The van der Waals surface area contributed by atoms with Gasteiger partial charge in [0.2, 0.25) is 5.91 Å². The van der Waals surface area contributed by atoms with Crippen LogP contribution in [0.3, 0.4) is 0 Å². The minimum Gasteiger partial charge on any atom is -0.487 e. The standard InChI is InChI=1S/C31H53NO3/c1-21(2)13-10-14-22(3)15-11-16-23(4)17-12-19-31(9)20-18-28-26(7)29(35-32-27(8)33)24(5)25(6)30(28)34-31/h21-23H,10-20H2,1-9H3,(H,32,33)/t22-,23-,31-/m1/s1. The lowest BCUT2D eigenvalue weighted by molar-refractivity contribution is -0.125. The second kappa shape index (κ2) is 13.6. The highest BCUT2D eigenvalue weighted by atomic mass is 16.7. The molecule has 0 fully saturated rings. The summed E-state index contributed by atoms with van der Waals surface area (Å²) in [5, 5.41) is 0. The fourth-order valence-electron chi connectivity index (χ4n) is 5.54. The molecule has 0 saturated carbocycles. The predicted octanol–water partition coefficient (Wildman–Crippen LogP) is 8.56. The fraction of sp³-hybridized carbons (Fsp3) is 0.774. The van der Waals surface area contributed by atoms with Gasteiger partial charge in [0.25, 0.3) is 0 Å². The molecule has 4 nitrogen and oxygen atoms in total. The molecule has 4 heteroatoms. The first-order valence-electron chi connectivity index (χ1n) is 14.2. The summed E-state index contributed by atoms with van der Waals surface area (Å²) in [5.74, 6) is 4.08. The number of hydrogen-bond donors (Lipinski definition) is 1. The topological polar surface area (TPSA) is 47.6 Å². The summed E-state index contributed by atoms with van der Waals surface area (Å²) in [5.41, 5.74) is 6.83. The first kappa shape index (κ1) is 29.5. The molecule has 1 aromatic carbocycles. The molecule has 1 N–H and O–H groups in total. The number of amides is 1. The van der Waals surface area contributed by atoms with Crippen LogP contribution in [-0.2, 0) is 11.2 Å². The highest BCUT2D eigenvalue weighted by Crippen LogP contribution is 2.44. The minimum atomic E-state index is -0.201. The molecule has 2 rings (SSSR count). The van der Waals surface area contributed by atoms with Gasteiger partial charge in [0.15, 0.2) is 5.75 Å². The Labute approximate surface area is 215 Å². The summed E-state index contributed by atoms with van der Waals surface area (Å²) in [6.45, 7) is 19.5. The first-order chi connectivity index (χ1) is 16.4. The molecule has 0 unspecified atom stereocenters. The summed E-state index contributed by atoms with van der Waals surface area (Å²) in [6, 6.07) is 0. The van der Waals surface area contributed by atoms with E-state index in [1.54, 1.807) is 0 Å². The van der Waals surface area contributed by atoms with Gasteiger partial charge >= 0.3 is 0 Å². The fourth-order valence-corrected chi connectivity index (χ4v) is 5.54. The Kier molecular flexibility index (Phi) is 11.4. The normalized spacial score (nSPS) is 19.1. The smallest absolute Gasteiger partial charge is 0.249 e. The Morgan fingerprint density at radius 1 is 0.914 bits per heavy atom. The van der Waals surface area contributed by atoms with E-state index in [0.717, 1.165) is 65.2 Å². The van der Waals surface area contributed by atoms with Crippen LogP contribution in [0, 0.1) is 38.5 Å². The molecule has 0 spiro atoms. The summed E-state index contributed by atoms with van der Waals surface area (Å²) < 4.78 is 6.70. The third kappa shape index (κ3) is 9.03. The maximum absolute atomic E-state index is 11.3. The number of hydrogen-bond acceptors (Lipinski definition) is 3. The van der Waals surface area contributed by atoms with Crippen LogP contribution in [0.1, 0.15) is 128 Å². The molecule has 0 bridgehead atoms. The van der Waals surface area contributed by atoms with Gasteiger partial charge in [-0.15, -0.1) is 0 Å². The molecule has 0 radical (unpaired) electrons. The largest absolute Gasteiger partial charge is 0.487 e. The zero-order valence-electron chi connectivity index (χ0n) is 24.2. The van der Waals surface area contributed by atoms with Gasteiger partial charge in [0.1, 0.15) is 11.4 Å². The van der Waals surface area contributed by atoms with Crippen LogP contribution in [0.4, 0.5) is 0 Å². The summed E-state index contributed by atoms with van der Waals surface area (Å²) >= 11 is 0. The van der Waals surface area contributed by atoms with E-state index in [1.807, 2.05) is 6.92 Å². The summed E-state index contributed by atoms with van der Waals surface area (Å²) in [7, 11) is 0. The number of nitrogens with one attached hydrogen (secondary N) is 1.